The summed E-state index contributed by atoms with van der Waals surface area (Å²) < 4.78 is 13.2. The minimum absolute atomic E-state index is 0.227. The van der Waals surface area contributed by atoms with Crippen LogP contribution in [0.25, 0.3) is 0 Å². The molecule has 0 aromatic heterocycles. The molecule has 0 saturated carbocycles. The molecule has 1 unspecified atom stereocenters. The van der Waals surface area contributed by atoms with Crippen LogP contribution in [-0.2, 0) is 10.3 Å². The summed E-state index contributed by atoms with van der Waals surface area (Å²) in [5.74, 6) is -1.37. The Hall–Kier alpha value is -1.42. The van der Waals surface area contributed by atoms with E-state index < -0.39 is 11.5 Å². The van der Waals surface area contributed by atoms with E-state index in [9.17, 15) is 9.18 Å². The molecule has 0 aliphatic carbocycles. The Morgan fingerprint density at radius 1 is 1.60 bits per heavy atom. The summed E-state index contributed by atoms with van der Waals surface area (Å²) in [6.45, 7) is 3.22. The highest BCUT2D eigenvalue weighted by Crippen LogP contribution is 2.23. The molecule has 0 radical (unpaired) electrons. The maximum Gasteiger partial charge on any atom is 0.305 e. The van der Waals surface area contributed by atoms with Gasteiger partial charge in [-0.25, -0.2) is 4.39 Å². The van der Waals surface area contributed by atoms with Crippen molar-refractivity contribution in [2.45, 2.75) is 25.8 Å². The van der Waals surface area contributed by atoms with Crippen molar-refractivity contribution in [1.82, 2.24) is 0 Å². The summed E-state index contributed by atoms with van der Waals surface area (Å²) in [6.07, 6.45) is -0.227. The number of aliphatic carboxylic acids is 1. The molecule has 3 nitrogen and oxygen atoms in total. The lowest BCUT2D eigenvalue weighted by Crippen LogP contribution is -2.35. The maximum atomic E-state index is 13.2. The first-order valence-electron chi connectivity index (χ1n) is 4.60. The molecule has 1 aromatic carbocycles. The standard InChI is InChI=1S/C11H14FNO2/c1-7-3-4-8(5-9(7)12)11(2,13)6-10(14)15/h3-5H,6,13H2,1-2H3,(H,14,15). The Morgan fingerprint density at radius 2 is 2.20 bits per heavy atom. The van der Waals surface area contributed by atoms with Crippen LogP contribution in [0.4, 0.5) is 4.39 Å². The zero-order valence-electron chi connectivity index (χ0n) is 8.75. The van der Waals surface area contributed by atoms with Gasteiger partial charge in [-0.1, -0.05) is 12.1 Å². The number of carboxylic acid groups (broad SMARTS) is 1. The number of hydrogen-bond acceptors (Lipinski definition) is 2. The Balaban J connectivity index is 3.04. The van der Waals surface area contributed by atoms with Crippen molar-refractivity contribution < 1.29 is 14.3 Å². The van der Waals surface area contributed by atoms with Crippen LogP contribution in [0.2, 0.25) is 0 Å². The fourth-order valence-electron chi connectivity index (χ4n) is 1.36. The average molecular weight is 211 g/mol. The number of rotatable bonds is 3. The molecule has 4 heteroatoms. The van der Waals surface area contributed by atoms with Gasteiger partial charge in [-0.2, -0.15) is 0 Å². The number of halogens is 1. The van der Waals surface area contributed by atoms with E-state index in [4.69, 9.17) is 10.8 Å². The van der Waals surface area contributed by atoms with E-state index in [0.717, 1.165) is 0 Å². The second-order valence-corrected chi connectivity index (χ2v) is 3.95. The highest BCUT2D eigenvalue weighted by Gasteiger charge is 2.25. The monoisotopic (exact) mass is 211 g/mol. The molecular formula is C11H14FNO2. The number of nitrogens with two attached hydrogens (primary N) is 1. The van der Waals surface area contributed by atoms with E-state index in [0.29, 0.717) is 11.1 Å². The third kappa shape index (κ3) is 2.76. The first-order valence-corrected chi connectivity index (χ1v) is 4.60. The van der Waals surface area contributed by atoms with Crippen molar-refractivity contribution in [3.8, 4) is 0 Å². The smallest absolute Gasteiger partial charge is 0.305 e. The van der Waals surface area contributed by atoms with Crippen molar-refractivity contribution in [2.75, 3.05) is 0 Å². The molecular weight excluding hydrogens is 197 g/mol. The van der Waals surface area contributed by atoms with Gasteiger partial charge in [0.15, 0.2) is 0 Å². The van der Waals surface area contributed by atoms with Crippen LogP contribution in [0, 0.1) is 12.7 Å². The molecule has 0 aliphatic rings. The number of benzene rings is 1. The summed E-state index contributed by atoms with van der Waals surface area (Å²) in [6, 6.07) is 4.54. The summed E-state index contributed by atoms with van der Waals surface area (Å²) >= 11 is 0. The largest absolute Gasteiger partial charge is 0.481 e. The normalized spacial score (nSPS) is 14.7. The molecule has 3 N–H and O–H groups in total. The minimum atomic E-state index is -1.04. The molecule has 0 amide bonds. The lowest BCUT2D eigenvalue weighted by atomic mass is 9.89. The molecule has 0 aliphatic heterocycles. The highest BCUT2D eigenvalue weighted by molar-refractivity contribution is 5.68. The quantitative estimate of drug-likeness (QED) is 0.801. The van der Waals surface area contributed by atoms with Gasteiger partial charge < -0.3 is 10.8 Å². The lowest BCUT2D eigenvalue weighted by molar-refractivity contribution is -0.138. The molecule has 0 fully saturated rings. The van der Waals surface area contributed by atoms with E-state index in [1.807, 2.05) is 0 Å². The first-order chi connectivity index (χ1) is 6.83. The van der Waals surface area contributed by atoms with Gasteiger partial charge in [0.05, 0.1) is 6.42 Å². The van der Waals surface area contributed by atoms with E-state index in [1.54, 1.807) is 26.0 Å². The molecule has 0 saturated heterocycles. The third-order valence-electron chi connectivity index (χ3n) is 2.35. The Kier molecular flexibility index (Phi) is 3.09. The number of carbonyl (C=O) groups is 1. The Labute approximate surface area is 87.7 Å². The molecule has 15 heavy (non-hydrogen) atoms. The Morgan fingerprint density at radius 3 is 2.67 bits per heavy atom. The summed E-state index contributed by atoms with van der Waals surface area (Å²) in [7, 11) is 0. The van der Waals surface area contributed by atoms with Crippen LogP contribution in [0.1, 0.15) is 24.5 Å². The zero-order valence-corrected chi connectivity index (χ0v) is 8.75. The summed E-state index contributed by atoms with van der Waals surface area (Å²) in [5, 5.41) is 8.66. The van der Waals surface area contributed by atoms with Crippen molar-refractivity contribution >= 4 is 5.97 Å². The Bertz CT molecular complexity index is 388. The molecule has 0 heterocycles. The van der Waals surface area contributed by atoms with Gasteiger partial charge in [0.2, 0.25) is 0 Å². The first kappa shape index (κ1) is 11.7. The van der Waals surface area contributed by atoms with Crippen molar-refractivity contribution in [1.29, 1.82) is 0 Å². The van der Waals surface area contributed by atoms with Crippen LogP contribution in [0.15, 0.2) is 18.2 Å². The van der Waals surface area contributed by atoms with Crippen LogP contribution < -0.4 is 5.73 Å². The van der Waals surface area contributed by atoms with Crippen molar-refractivity contribution in [2.24, 2.45) is 5.73 Å². The van der Waals surface area contributed by atoms with Crippen molar-refractivity contribution in [3.05, 3.63) is 35.1 Å². The SMILES string of the molecule is Cc1ccc(C(C)(N)CC(=O)O)cc1F. The van der Waals surface area contributed by atoms with E-state index in [2.05, 4.69) is 0 Å². The van der Waals surface area contributed by atoms with Gasteiger partial charge in [0.25, 0.3) is 0 Å². The molecule has 82 valence electrons. The fraction of sp³-hybridized carbons (Fsp3) is 0.364. The van der Waals surface area contributed by atoms with Gasteiger partial charge in [0.1, 0.15) is 5.82 Å². The van der Waals surface area contributed by atoms with E-state index >= 15 is 0 Å². The van der Waals surface area contributed by atoms with Crippen molar-refractivity contribution in [3.63, 3.8) is 0 Å². The lowest BCUT2D eigenvalue weighted by Gasteiger charge is -2.23. The van der Waals surface area contributed by atoms with Crippen LogP contribution >= 0.6 is 0 Å². The van der Waals surface area contributed by atoms with Gasteiger partial charge >= 0.3 is 5.97 Å². The average Bonchev–Trinajstić information content (AvgIpc) is 2.07. The van der Waals surface area contributed by atoms with Gasteiger partial charge in [0, 0.05) is 5.54 Å². The van der Waals surface area contributed by atoms with Crippen LogP contribution in [0.3, 0.4) is 0 Å². The van der Waals surface area contributed by atoms with E-state index in [-0.39, 0.29) is 12.2 Å². The topological polar surface area (TPSA) is 63.3 Å². The third-order valence-corrected chi connectivity index (χ3v) is 2.35. The minimum Gasteiger partial charge on any atom is -0.481 e. The summed E-state index contributed by atoms with van der Waals surface area (Å²) in [5.41, 5.74) is 5.78. The highest BCUT2D eigenvalue weighted by atomic mass is 19.1. The predicted molar refractivity (Wildman–Crippen MR) is 54.9 cm³/mol. The molecule has 0 spiro atoms. The summed E-state index contributed by atoms with van der Waals surface area (Å²) in [4.78, 5) is 10.6. The molecule has 1 atom stereocenters. The zero-order chi connectivity index (χ0) is 11.6. The number of carboxylic acids is 1. The van der Waals surface area contributed by atoms with Gasteiger partial charge in [-0.15, -0.1) is 0 Å². The second-order valence-electron chi connectivity index (χ2n) is 3.95. The predicted octanol–water partition coefficient (Wildman–Crippen LogP) is 1.78. The van der Waals surface area contributed by atoms with Crippen LogP contribution in [-0.4, -0.2) is 11.1 Å². The fourth-order valence-corrected chi connectivity index (χ4v) is 1.36. The number of hydrogen-bond donors (Lipinski definition) is 2. The second kappa shape index (κ2) is 3.98. The van der Waals surface area contributed by atoms with Gasteiger partial charge in [-0.05, 0) is 31.0 Å². The van der Waals surface area contributed by atoms with Crippen LogP contribution in [0.5, 0.6) is 0 Å². The van der Waals surface area contributed by atoms with E-state index in [1.165, 1.54) is 6.07 Å². The maximum absolute atomic E-state index is 13.2. The molecule has 1 rings (SSSR count). The molecule has 1 aromatic rings. The number of aryl methyl sites for hydroxylation is 1. The molecule has 0 bridgehead atoms. The van der Waals surface area contributed by atoms with Gasteiger partial charge in [-0.3, -0.25) is 4.79 Å².